The van der Waals surface area contributed by atoms with E-state index in [2.05, 4.69) is 21.2 Å². The normalized spacial score (nSPS) is 10.4. The Kier molecular flexibility index (Phi) is 5.24. The van der Waals surface area contributed by atoms with Gasteiger partial charge in [0.25, 0.3) is 5.91 Å². The van der Waals surface area contributed by atoms with Crippen LogP contribution in [0.4, 0.5) is 5.69 Å². The molecule has 22 heavy (non-hydrogen) atoms. The van der Waals surface area contributed by atoms with E-state index in [1.165, 1.54) is 0 Å². The minimum atomic E-state index is -0.163. The molecule has 2 rings (SSSR count). The molecule has 0 saturated carbocycles. The largest absolute Gasteiger partial charge is 0.482 e. The van der Waals surface area contributed by atoms with Crippen molar-refractivity contribution >= 4 is 27.5 Å². The van der Waals surface area contributed by atoms with E-state index < -0.39 is 0 Å². The van der Waals surface area contributed by atoms with Gasteiger partial charge >= 0.3 is 0 Å². The number of hydrogen-bond donors (Lipinski definition) is 1. The van der Waals surface area contributed by atoms with Crippen molar-refractivity contribution in [3.63, 3.8) is 0 Å². The highest BCUT2D eigenvalue weighted by Gasteiger charge is 2.11. The van der Waals surface area contributed by atoms with Crippen LogP contribution < -0.4 is 10.1 Å². The van der Waals surface area contributed by atoms with E-state index >= 15 is 0 Å². The van der Waals surface area contributed by atoms with Crippen LogP contribution >= 0.6 is 15.9 Å². The molecule has 0 spiro atoms. The summed E-state index contributed by atoms with van der Waals surface area (Å²) in [6, 6.07) is 9.94. The second-order valence-corrected chi connectivity index (χ2v) is 6.35. The number of hydrogen-bond acceptors (Lipinski definition) is 2. The molecular weight excluding hydrogens is 342 g/mol. The number of anilines is 1. The molecule has 0 aliphatic heterocycles. The smallest absolute Gasteiger partial charge is 0.262 e. The standard InChI is InChI=1S/C18H20BrNO2/c1-11-8-14(4)18(15(19)9-11)22-10-16(21)20-17-12(2)6-5-7-13(17)3/h5-9H,10H2,1-4H3,(H,20,21). The summed E-state index contributed by atoms with van der Waals surface area (Å²) in [6.07, 6.45) is 0. The number of carbonyl (C=O) groups is 1. The average Bonchev–Trinajstić information content (AvgIpc) is 2.42. The Morgan fingerprint density at radius 3 is 2.32 bits per heavy atom. The monoisotopic (exact) mass is 361 g/mol. The van der Waals surface area contributed by atoms with Gasteiger partial charge in [0.15, 0.2) is 6.61 Å². The van der Waals surface area contributed by atoms with Gasteiger partial charge in [-0.25, -0.2) is 0 Å². The molecule has 0 aliphatic rings. The molecule has 3 nitrogen and oxygen atoms in total. The van der Waals surface area contributed by atoms with E-state index in [1.807, 2.05) is 58.0 Å². The number of aryl methyl sites for hydroxylation is 4. The summed E-state index contributed by atoms with van der Waals surface area (Å²) in [5, 5.41) is 2.92. The molecule has 0 bridgehead atoms. The SMILES string of the molecule is Cc1cc(C)c(OCC(=O)Nc2c(C)cccc2C)c(Br)c1. The van der Waals surface area contributed by atoms with E-state index in [-0.39, 0.29) is 12.5 Å². The van der Waals surface area contributed by atoms with Gasteiger partial charge in [-0.05, 0) is 71.9 Å². The maximum Gasteiger partial charge on any atom is 0.262 e. The molecular formula is C18H20BrNO2. The number of carbonyl (C=O) groups excluding carboxylic acids is 1. The van der Waals surface area contributed by atoms with Crippen LogP contribution in [0, 0.1) is 27.7 Å². The van der Waals surface area contributed by atoms with E-state index in [0.717, 1.165) is 32.4 Å². The molecule has 2 aromatic rings. The molecule has 0 fully saturated rings. The zero-order valence-corrected chi connectivity index (χ0v) is 14.9. The first kappa shape index (κ1) is 16.6. The second-order valence-electron chi connectivity index (χ2n) is 5.50. The highest BCUT2D eigenvalue weighted by Crippen LogP contribution is 2.30. The molecule has 116 valence electrons. The Balaban J connectivity index is 2.05. The highest BCUT2D eigenvalue weighted by molar-refractivity contribution is 9.10. The fourth-order valence-corrected chi connectivity index (χ4v) is 3.20. The summed E-state index contributed by atoms with van der Waals surface area (Å²) in [7, 11) is 0. The summed E-state index contributed by atoms with van der Waals surface area (Å²) in [4.78, 5) is 12.1. The first-order valence-electron chi connectivity index (χ1n) is 7.14. The quantitative estimate of drug-likeness (QED) is 0.856. The summed E-state index contributed by atoms with van der Waals surface area (Å²) in [5.74, 6) is 0.548. The van der Waals surface area contributed by atoms with Crippen LogP contribution in [0.3, 0.4) is 0 Å². The molecule has 0 aliphatic carbocycles. The topological polar surface area (TPSA) is 38.3 Å². The van der Waals surface area contributed by atoms with Gasteiger partial charge in [0.05, 0.1) is 4.47 Å². The molecule has 0 heterocycles. The van der Waals surface area contributed by atoms with E-state index in [1.54, 1.807) is 0 Å². The van der Waals surface area contributed by atoms with Gasteiger partial charge in [-0.2, -0.15) is 0 Å². The van der Waals surface area contributed by atoms with Gasteiger partial charge in [-0.3, -0.25) is 4.79 Å². The summed E-state index contributed by atoms with van der Waals surface area (Å²) in [6.45, 7) is 7.93. The van der Waals surface area contributed by atoms with Crippen molar-refractivity contribution in [2.75, 3.05) is 11.9 Å². The Morgan fingerprint density at radius 2 is 1.73 bits per heavy atom. The van der Waals surface area contributed by atoms with Gasteiger partial charge < -0.3 is 10.1 Å². The zero-order valence-electron chi connectivity index (χ0n) is 13.3. The second kappa shape index (κ2) is 6.97. The van der Waals surface area contributed by atoms with Crippen LogP contribution in [0.25, 0.3) is 0 Å². The van der Waals surface area contributed by atoms with Crippen LogP contribution in [0.1, 0.15) is 22.3 Å². The van der Waals surface area contributed by atoms with Crippen molar-refractivity contribution in [1.82, 2.24) is 0 Å². The molecule has 0 atom stereocenters. The lowest BCUT2D eigenvalue weighted by Crippen LogP contribution is -2.21. The number of amides is 1. The predicted molar refractivity (Wildman–Crippen MR) is 93.7 cm³/mol. The number of benzene rings is 2. The molecule has 0 radical (unpaired) electrons. The lowest BCUT2D eigenvalue weighted by Gasteiger charge is -2.14. The van der Waals surface area contributed by atoms with Crippen LogP contribution in [0.5, 0.6) is 5.75 Å². The molecule has 0 aromatic heterocycles. The van der Waals surface area contributed by atoms with E-state index in [9.17, 15) is 4.79 Å². The fourth-order valence-electron chi connectivity index (χ4n) is 2.41. The Labute approximate surface area is 139 Å². The summed E-state index contributed by atoms with van der Waals surface area (Å²) >= 11 is 3.48. The molecule has 1 N–H and O–H groups in total. The number of ether oxygens (including phenoxy) is 1. The van der Waals surface area contributed by atoms with Gasteiger partial charge in [0, 0.05) is 5.69 Å². The summed E-state index contributed by atoms with van der Waals surface area (Å²) in [5.41, 5.74) is 5.10. The Bertz CT molecular complexity index is 667. The maximum atomic E-state index is 12.1. The molecule has 4 heteroatoms. The van der Waals surface area contributed by atoms with Crippen LogP contribution in [0.15, 0.2) is 34.8 Å². The average molecular weight is 362 g/mol. The van der Waals surface area contributed by atoms with Gasteiger partial charge in [0.1, 0.15) is 5.75 Å². The minimum Gasteiger partial charge on any atom is -0.482 e. The number of nitrogens with one attached hydrogen (secondary N) is 1. The maximum absolute atomic E-state index is 12.1. The lowest BCUT2D eigenvalue weighted by atomic mass is 10.1. The lowest BCUT2D eigenvalue weighted by molar-refractivity contribution is -0.118. The molecule has 2 aromatic carbocycles. The number of rotatable bonds is 4. The van der Waals surface area contributed by atoms with Crippen molar-refractivity contribution in [2.45, 2.75) is 27.7 Å². The predicted octanol–water partition coefficient (Wildman–Crippen LogP) is 4.70. The molecule has 1 amide bonds. The van der Waals surface area contributed by atoms with Crippen molar-refractivity contribution in [3.8, 4) is 5.75 Å². The van der Waals surface area contributed by atoms with Crippen molar-refractivity contribution in [1.29, 1.82) is 0 Å². The fraction of sp³-hybridized carbons (Fsp3) is 0.278. The minimum absolute atomic E-state index is 0.0176. The summed E-state index contributed by atoms with van der Waals surface area (Å²) < 4.78 is 6.54. The van der Waals surface area contributed by atoms with Crippen LogP contribution in [0.2, 0.25) is 0 Å². The number of halogens is 1. The van der Waals surface area contributed by atoms with Crippen LogP contribution in [-0.2, 0) is 4.79 Å². The first-order chi connectivity index (χ1) is 10.4. The first-order valence-corrected chi connectivity index (χ1v) is 7.93. The van der Waals surface area contributed by atoms with Crippen molar-refractivity contribution in [2.24, 2.45) is 0 Å². The molecule has 0 saturated heterocycles. The third kappa shape index (κ3) is 3.89. The third-order valence-electron chi connectivity index (χ3n) is 3.47. The number of para-hydroxylation sites is 1. The Hall–Kier alpha value is -1.81. The van der Waals surface area contributed by atoms with Crippen molar-refractivity contribution < 1.29 is 9.53 Å². The van der Waals surface area contributed by atoms with Gasteiger partial charge in [-0.15, -0.1) is 0 Å². The molecule has 0 unspecified atom stereocenters. The van der Waals surface area contributed by atoms with Crippen molar-refractivity contribution in [3.05, 3.63) is 57.1 Å². The van der Waals surface area contributed by atoms with E-state index in [0.29, 0.717) is 5.75 Å². The highest BCUT2D eigenvalue weighted by atomic mass is 79.9. The third-order valence-corrected chi connectivity index (χ3v) is 4.06. The van der Waals surface area contributed by atoms with Gasteiger partial charge in [-0.1, -0.05) is 24.3 Å². The Morgan fingerprint density at radius 1 is 1.09 bits per heavy atom. The van der Waals surface area contributed by atoms with Gasteiger partial charge in [0.2, 0.25) is 0 Å². The van der Waals surface area contributed by atoms with Crippen LogP contribution in [-0.4, -0.2) is 12.5 Å². The van der Waals surface area contributed by atoms with E-state index in [4.69, 9.17) is 4.74 Å². The zero-order chi connectivity index (χ0) is 16.3.